The first-order chi connectivity index (χ1) is 14.2. The Kier molecular flexibility index (Phi) is 6.79. The number of hydrogen-bond donors (Lipinski definition) is 1. The van der Waals surface area contributed by atoms with E-state index in [-0.39, 0.29) is 38.4 Å². The summed E-state index contributed by atoms with van der Waals surface area (Å²) in [5.41, 5.74) is 2.04. The number of hydrogen-bond acceptors (Lipinski definition) is 4. The fraction of sp³-hybridized carbons (Fsp3) is 0.350. The van der Waals surface area contributed by atoms with Crippen LogP contribution < -0.4 is 5.48 Å². The Balaban J connectivity index is 1.58. The number of nitrogens with zero attached hydrogens (tertiary/aromatic N) is 1. The topological polar surface area (TPSA) is 75.7 Å². The van der Waals surface area contributed by atoms with Crippen molar-refractivity contribution in [2.45, 2.75) is 30.5 Å². The van der Waals surface area contributed by atoms with Gasteiger partial charge < -0.3 is 0 Å². The maximum Gasteiger partial charge on any atom is 0.417 e. The molecule has 0 aromatic heterocycles. The number of carbonyl (C=O) groups is 1. The van der Waals surface area contributed by atoms with E-state index in [1.165, 1.54) is 6.07 Å². The number of amides is 1. The molecular weight excluding hydrogens is 421 g/mol. The predicted molar refractivity (Wildman–Crippen MR) is 102 cm³/mol. The number of sulfonamides is 1. The number of hydroxylamine groups is 1. The van der Waals surface area contributed by atoms with E-state index in [2.05, 4.69) is 5.48 Å². The van der Waals surface area contributed by atoms with E-state index >= 15 is 0 Å². The molecule has 2 aromatic rings. The SMILES string of the molecule is O=C(NOCc1ccccc1)C1CCN(S(=O)(=O)c2ccccc2C(F)(F)F)CC1. The van der Waals surface area contributed by atoms with Crippen LogP contribution in [0.15, 0.2) is 59.5 Å². The van der Waals surface area contributed by atoms with Gasteiger partial charge >= 0.3 is 6.18 Å². The molecule has 0 atom stereocenters. The van der Waals surface area contributed by atoms with Crippen LogP contribution in [-0.2, 0) is 32.4 Å². The van der Waals surface area contributed by atoms with E-state index < -0.39 is 32.6 Å². The average molecular weight is 442 g/mol. The largest absolute Gasteiger partial charge is 0.417 e. The molecular formula is C20H21F3N2O4S. The number of rotatable bonds is 6. The predicted octanol–water partition coefficient (Wildman–Crippen LogP) is 3.35. The van der Waals surface area contributed by atoms with Crippen molar-refractivity contribution < 1.29 is 31.2 Å². The Morgan fingerprint density at radius 2 is 1.63 bits per heavy atom. The highest BCUT2D eigenvalue weighted by molar-refractivity contribution is 7.89. The van der Waals surface area contributed by atoms with E-state index in [4.69, 9.17) is 4.84 Å². The summed E-state index contributed by atoms with van der Waals surface area (Å²) in [6.45, 7) is 0.0879. The zero-order valence-corrected chi connectivity index (χ0v) is 16.7. The molecule has 3 rings (SSSR count). The second-order valence-electron chi connectivity index (χ2n) is 6.91. The van der Waals surface area contributed by atoms with Crippen LogP contribution in [0.4, 0.5) is 13.2 Å². The van der Waals surface area contributed by atoms with Gasteiger partial charge in [0.05, 0.1) is 17.1 Å². The number of benzene rings is 2. The zero-order chi connectivity index (χ0) is 21.8. The van der Waals surface area contributed by atoms with Gasteiger partial charge in [-0.05, 0) is 30.5 Å². The minimum Gasteiger partial charge on any atom is -0.272 e. The van der Waals surface area contributed by atoms with Gasteiger partial charge in [0.15, 0.2) is 0 Å². The molecule has 1 aliphatic heterocycles. The molecule has 0 aliphatic carbocycles. The van der Waals surface area contributed by atoms with Gasteiger partial charge in [-0.3, -0.25) is 9.63 Å². The summed E-state index contributed by atoms with van der Waals surface area (Å²) in [6.07, 6.45) is -4.40. The van der Waals surface area contributed by atoms with Crippen molar-refractivity contribution in [3.63, 3.8) is 0 Å². The third kappa shape index (κ3) is 5.18. The van der Waals surface area contributed by atoms with Crippen molar-refractivity contribution in [3.8, 4) is 0 Å². The van der Waals surface area contributed by atoms with Gasteiger partial charge in [0.1, 0.15) is 0 Å². The van der Waals surface area contributed by atoms with Crippen LogP contribution in [0.25, 0.3) is 0 Å². The Labute approximate surface area is 172 Å². The number of nitrogens with one attached hydrogen (secondary N) is 1. The maximum absolute atomic E-state index is 13.2. The Bertz CT molecular complexity index is 973. The van der Waals surface area contributed by atoms with Crippen LogP contribution in [0.2, 0.25) is 0 Å². The molecule has 10 heteroatoms. The lowest BCUT2D eigenvalue weighted by Crippen LogP contribution is -2.43. The van der Waals surface area contributed by atoms with E-state index in [1.54, 1.807) is 0 Å². The van der Waals surface area contributed by atoms with Crippen molar-refractivity contribution in [1.29, 1.82) is 0 Å². The molecule has 0 unspecified atom stereocenters. The van der Waals surface area contributed by atoms with Gasteiger partial charge in [0.2, 0.25) is 15.9 Å². The van der Waals surface area contributed by atoms with Crippen molar-refractivity contribution in [1.82, 2.24) is 9.79 Å². The summed E-state index contributed by atoms with van der Waals surface area (Å²) in [4.78, 5) is 16.7. The molecule has 2 aromatic carbocycles. The van der Waals surface area contributed by atoms with Gasteiger partial charge in [-0.1, -0.05) is 42.5 Å². The van der Waals surface area contributed by atoms with Gasteiger partial charge in [-0.25, -0.2) is 13.9 Å². The van der Waals surface area contributed by atoms with E-state index in [9.17, 15) is 26.4 Å². The zero-order valence-electron chi connectivity index (χ0n) is 15.9. The van der Waals surface area contributed by atoms with Crippen LogP contribution in [0.5, 0.6) is 0 Å². The highest BCUT2D eigenvalue weighted by Crippen LogP contribution is 2.36. The summed E-state index contributed by atoms with van der Waals surface area (Å²) in [5.74, 6) is -0.858. The number of halogens is 3. The fourth-order valence-electron chi connectivity index (χ4n) is 3.27. The minimum absolute atomic E-state index is 0.0503. The summed E-state index contributed by atoms with van der Waals surface area (Å²) < 4.78 is 66.1. The molecule has 1 saturated heterocycles. The van der Waals surface area contributed by atoms with Crippen LogP contribution >= 0.6 is 0 Å². The highest BCUT2D eigenvalue weighted by atomic mass is 32.2. The Morgan fingerprint density at radius 3 is 2.27 bits per heavy atom. The third-order valence-corrected chi connectivity index (χ3v) is 6.85. The average Bonchev–Trinajstić information content (AvgIpc) is 2.74. The molecule has 1 N–H and O–H groups in total. The van der Waals surface area contributed by atoms with E-state index in [0.29, 0.717) is 0 Å². The first-order valence-corrected chi connectivity index (χ1v) is 10.8. The number of piperidine rings is 1. The third-order valence-electron chi connectivity index (χ3n) is 4.89. The van der Waals surface area contributed by atoms with Crippen LogP contribution in [0.1, 0.15) is 24.0 Å². The Hall–Kier alpha value is -2.43. The molecule has 0 bridgehead atoms. The van der Waals surface area contributed by atoms with Crippen molar-refractivity contribution in [2.24, 2.45) is 5.92 Å². The summed E-state index contributed by atoms with van der Waals surface area (Å²) in [7, 11) is -4.33. The van der Waals surface area contributed by atoms with Gasteiger partial charge in [0.25, 0.3) is 0 Å². The highest BCUT2D eigenvalue weighted by Gasteiger charge is 2.40. The van der Waals surface area contributed by atoms with E-state index in [1.807, 2.05) is 30.3 Å². The van der Waals surface area contributed by atoms with Crippen molar-refractivity contribution in [3.05, 3.63) is 65.7 Å². The van der Waals surface area contributed by atoms with Crippen LogP contribution in [-0.4, -0.2) is 31.7 Å². The standard InChI is InChI=1S/C20H21F3N2O4S/c21-20(22,23)17-8-4-5-9-18(17)30(27,28)25-12-10-16(11-13-25)19(26)24-29-14-15-6-2-1-3-7-15/h1-9,16H,10-14H2,(H,24,26). The van der Waals surface area contributed by atoms with Gasteiger partial charge in [-0.2, -0.15) is 17.5 Å². The molecule has 1 aliphatic rings. The summed E-state index contributed by atoms with van der Waals surface area (Å²) >= 11 is 0. The molecule has 0 radical (unpaired) electrons. The second kappa shape index (κ2) is 9.15. The number of carbonyl (C=O) groups excluding carboxylic acids is 1. The smallest absolute Gasteiger partial charge is 0.272 e. The molecule has 6 nitrogen and oxygen atoms in total. The molecule has 1 heterocycles. The first kappa shape index (κ1) is 22.3. The van der Waals surface area contributed by atoms with Crippen molar-refractivity contribution in [2.75, 3.05) is 13.1 Å². The summed E-state index contributed by atoms with van der Waals surface area (Å²) in [6, 6.07) is 13.3. The molecule has 30 heavy (non-hydrogen) atoms. The molecule has 1 fully saturated rings. The fourth-order valence-corrected chi connectivity index (χ4v) is 4.95. The monoisotopic (exact) mass is 442 g/mol. The molecule has 0 spiro atoms. The quantitative estimate of drug-likeness (QED) is 0.697. The first-order valence-electron chi connectivity index (χ1n) is 9.31. The Morgan fingerprint density at radius 1 is 1.03 bits per heavy atom. The molecule has 0 saturated carbocycles. The minimum atomic E-state index is -4.78. The lowest BCUT2D eigenvalue weighted by Gasteiger charge is -2.31. The summed E-state index contributed by atoms with van der Waals surface area (Å²) in [5, 5.41) is 0. The van der Waals surface area contributed by atoms with E-state index in [0.717, 1.165) is 28.1 Å². The molecule has 162 valence electrons. The molecule has 1 amide bonds. The van der Waals surface area contributed by atoms with Crippen LogP contribution in [0, 0.1) is 5.92 Å². The lowest BCUT2D eigenvalue weighted by atomic mass is 9.98. The van der Waals surface area contributed by atoms with Crippen molar-refractivity contribution >= 4 is 15.9 Å². The maximum atomic E-state index is 13.2. The van der Waals surface area contributed by atoms with Gasteiger partial charge in [0, 0.05) is 19.0 Å². The lowest BCUT2D eigenvalue weighted by molar-refractivity contribution is -0.140. The van der Waals surface area contributed by atoms with Gasteiger partial charge in [-0.15, -0.1) is 0 Å². The second-order valence-corrected chi connectivity index (χ2v) is 8.82. The normalized spacial score (nSPS) is 16.4. The van der Waals surface area contributed by atoms with Crippen LogP contribution in [0.3, 0.4) is 0 Å². The number of alkyl halides is 3.